The lowest BCUT2D eigenvalue weighted by atomic mass is 10.2. The Labute approximate surface area is 139 Å². The molecule has 2 rings (SSSR count). The van der Waals surface area contributed by atoms with E-state index in [-0.39, 0.29) is 5.91 Å². The number of hydrogen-bond acceptors (Lipinski definition) is 3. The summed E-state index contributed by atoms with van der Waals surface area (Å²) in [6.07, 6.45) is 2.35. The highest BCUT2D eigenvalue weighted by molar-refractivity contribution is 7.16. The van der Waals surface area contributed by atoms with E-state index in [0.29, 0.717) is 36.0 Å². The van der Waals surface area contributed by atoms with Crippen LogP contribution in [0.5, 0.6) is 0 Å². The Kier molecular flexibility index (Phi) is 6.61. The van der Waals surface area contributed by atoms with Gasteiger partial charge in [0.15, 0.2) is 4.80 Å². The average Bonchev–Trinajstić information content (AvgIpc) is 2.84. The second-order valence-electron chi connectivity index (χ2n) is 4.93. The van der Waals surface area contributed by atoms with Crippen molar-refractivity contribution in [2.45, 2.75) is 39.7 Å². The van der Waals surface area contributed by atoms with Gasteiger partial charge in [-0.15, -0.1) is 0 Å². The molecule has 0 bridgehead atoms. The molecule has 0 N–H and O–H groups in total. The van der Waals surface area contributed by atoms with Crippen LogP contribution in [-0.4, -0.2) is 23.7 Å². The average molecular weight is 341 g/mol. The first-order chi connectivity index (χ1) is 10.7. The first-order valence-electron chi connectivity index (χ1n) is 7.60. The Morgan fingerprint density at radius 3 is 2.95 bits per heavy atom. The molecule has 120 valence electrons. The van der Waals surface area contributed by atoms with Crippen molar-refractivity contribution in [1.82, 2.24) is 4.57 Å². The van der Waals surface area contributed by atoms with Gasteiger partial charge in [0.25, 0.3) is 0 Å². The maximum atomic E-state index is 12.0. The molecule has 0 aliphatic carbocycles. The molecule has 1 amide bonds. The highest BCUT2D eigenvalue weighted by Crippen LogP contribution is 2.25. The lowest BCUT2D eigenvalue weighted by molar-refractivity contribution is -0.118. The molecule has 1 aromatic carbocycles. The van der Waals surface area contributed by atoms with Gasteiger partial charge in [-0.3, -0.25) is 4.79 Å². The van der Waals surface area contributed by atoms with E-state index in [1.54, 1.807) is 0 Å². The van der Waals surface area contributed by atoms with Crippen molar-refractivity contribution in [2.24, 2.45) is 4.99 Å². The van der Waals surface area contributed by atoms with Gasteiger partial charge in [-0.1, -0.05) is 42.3 Å². The zero-order chi connectivity index (χ0) is 15.9. The summed E-state index contributed by atoms with van der Waals surface area (Å²) in [7, 11) is 0. The van der Waals surface area contributed by atoms with E-state index in [1.165, 1.54) is 11.3 Å². The van der Waals surface area contributed by atoms with Crippen molar-refractivity contribution in [3.63, 3.8) is 0 Å². The number of amides is 1. The molecular formula is C16H21ClN2O2S. The van der Waals surface area contributed by atoms with Crippen LogP contribution >= 0.6 is 22.9 Å². The maximum absolute atomic E-state index is 12.0. The van der Waals surface area contributed by atoms with E-state index in [0.717, 1.165) is 23.1 Å². The zero-order valence-corrected chi connectivity index (χ0v) is 14.5. The first-order valence-corrected chi connectivity index (χ1v) is 8.80. The van der Waals surface area contributed by atoms with Gasteiger partial charge < -0.3 is 9.30 Å². The van der Waals surface area contributed by atoms with Crippen LogP contribution in [0.2, 0.25) is 5.02 Å². The van der Waals surface area contributed by atoms with Crippen molar-refractivity contribution in [3.05, 3.63) is 28.0 Å². The van der Waals surface area contributed by atoms with Gasteiger partial charge >= 0.3 is 0 Å². The molecule has 0 spiro atoms. The highest BCUT2D eigenvalue weighted by atomic mass is 35.5. The van der Waals surface area contributed by atoms with E-state index < -0.39 is 0 Å². The number of aromatic nitrogens is 1. The maximum Gasteiger partial charge on any atom is 0.248 e. The predicted octanol–water partition coefficient (Wildman–Crippen LogP) is 4.01. The molecule has 0 fully saturated rings. The monoisotopic (exact) mass is 340 g/mol. The number of fused-ring (bicyclic) bond motifs is 1. The number of carbonyl (C=O) groups excluding carboxylic acids is 1. The van der Waals surface area contributed by atoms with E-state index >= 15 is 0 Å². The minimum absolute atomic E-state index is 0.0744. The summed E-state index contributed by atoms with van der Waals surface area (Å²) in [5, 5.41) is 0.674. The topological polar surface area (TPSA) is 43.6 Å². The van der Waals surface area contributed by atoms with Crippen molar-refractivity contribution < 1.29 is 9.53 Å². The summed E-state index contributed by atoms with van der Waals surface area (Å²) < 4.78 is 8.46. The Hall–Kier alpha value is -1.17. The standard InChI is InChI=1S/C16H21ClN2O2S/c1-3-5-9-14(20)18-16-19(10-11-21-4-2)15-12(17)7-6-8-13(15)22-16/h6-8H,3-5,9-11H2,1-2H3. The molecule has 2 aromatic rings. The number of para-hydroxylation sites is 1. The van der Waals surface area contributed by atoms with Gasteiger partial charge in [0.2, 0.25) is 5.91 Å². The number of nitrogens with zero attached hydrogens (tertiary/aromatic N) is 2. The molecule has 0 radical (unpaired) electrons. The van der Waals surface area contributed by atoms with Crippen LogP contribution in [0.4, 0.5) is 0 Å². The minimum Gasteiger partial charge on any atom is -0.380 e. The molecule has 1 aromatic heterocycles. The van der Waals surface area contributed by atoms with Crippen LogP contribution in [0.15, 0.2) is 23.2 Å². The van der Waals surface area contributed by atoms with Gasteiger partial charge in [0.1, 0.15) is 0 Å². The molecule has 0 aliphatic heterocycles. The van der Waals surface area contributed by atoms with E-state index in [4.69, 9.17) is 16.3 Å². The summed E-state index contributed by atoms with van der Waals surface area (Å²) in [5.74, 6) is -0.0744. The smallest absolute Gasteiger partial charge is 0.248 e. The number of ether oxygens (including phenoxy) is 1. The predicted molar refractivity (Wildman–Crippen MR) is 91.4 cm³/mol. The number of carbonyl (C=O) groups is 1. The van der Waals surface area contributed by atoms with Crippen molar-refractivity contribution >= 4 is 39.1 Å². The molecule has 6 heteroatoms. The van der Waals surface area contributed by atoms with Crippen LogP contribution in [0.25, 0.3) is 10.2 Å². The van der Waals surface area contributed by atoms with Crippen LogP contribution in [0.1, 0.15) is 33.1 Å². The summed E-state index contributed by atoms with van der Waals surface area (Å²) in [6.45, 7) is 5.90. The number of rotatable bonds is 7. The van der Waals surface area contributed by atoms with E-state index in [2.05, 4.69) is 11.9 Å². The van der Waals surface area contributed by atoms with Gasteiger partial charge in [0, 0.05) is 19.6 Å². The molecule has 0 aliphatic rings. The largest absolute Gasteiger partial charge is 0.380 e. The second-order valence-corrected chi connectivity index (χ2v) is 6.35. The van der Waals surface area contributed by atoms with Gasteiger partial charge in [-0.25, -0.2) is 0 Å². The molecule has 0 saturated heterocycles. The lowest BCUT2D eigenvalue weighted by Crippen LogP contribution is -2.19. The minimum atomic E-state index is -0.0744. The summed E-state index contributed by atoms with van der Waals surface area (Å²) in [6, 6.07) is 5.77. The second kappa shape index (κ2) is 8.46. The van der Waals surface area contributed by atoms with Gasteiger partial charge in [-0.05, 0) is 25.5 Å². The quantitative estimate of drug-likeness (QED) is 0.715. The Morgan fingerprint density at radius 1 is 1.41 bits per heavy atom. The third-order valence-corrected chi connectivity index (χ3v) is 4.63. The summed E-state index contributed by atoms with van der Waals surface area (Å²) >= 11 is 7.82. The number of hydrogen-bond donors (Lipinski definition) is 0. The normalized spacial score (nSPS) is 12.2. The fourth-order valence-electron chi connectivity index (χ4n) is 2.17. The van der Waals surface area contributed by atoms with Crippen LogP contribution in [0.3, 0.4) is 0 Å². The summed E-state index contributed by atoms with van der Waals surface area (Å²) in [5.41, 5.74) is 0.927. The fourth-order valence-corrected chi connectivity index (χ4v) is 3.60. The number of thiazole rings is 1. The van der Waals surface area contributed by atoms with Gasteiger partial charge in [-0.2, -0.15) is 4.99 Å². The molecule has 0 unspecified atom stereocenters. The molecule has 0 atom stereocenters. The van der Waals surface area contributed by atoms with E-state index in [9.17, 15) is 4.79 Å². The zero-order valence-electron chi connectivity index (χ0n) is 13.0. The Bertz CT molecular complexity index is 706. The lowest BCUT2D eigenvalue weighted by Gasteiger charge is -2.06. The third-order valence-electron chi connectivity index (χ3n) is 3.28. The molecule has 1 heterocycles. The number of halogens is 1. The van der Waals surface area contributed by atoms with Crippen LogP contribution in [-0.2, 0) is 16.1 Å². The SMILES string of the molecule is CCCCC(=O)N=c1sc2cccc(Cl)c2n1CCOCC. The molecule has 4 nitrogen and oxygen atoms in total. The van der Waals surface area contributed by atoms with Crippen molar-refractivity contribution in [1.29, 1.82) is 0 Å². The van der Waals surface area contributed by atoms with Crippen molar-refractivity contribution in [3.8, 4) is 0 Å². The molecule has 22 heavy (non-hydrogen) atoms. The number of unbranched alkanes of at least 4 members (excludes halogenated alkanes) is 1. The Balaban J connectivity index is 2.43. The van der Waals surface area contributed by atoms with E-state index in [1.807, 2.05) is 29.7 Å². The fraction of sp³-hybridized carbons (Fsp3) is 0.500. The molecule has 0 saturated carbocycles. The highest BCUT2D eigenvalue weighted by Gasteiger charge is 2.10. The molecular weight excluding hydrogens is 320 g/mol. The summed E-state index contributed by atoms with van der Waals surface area (Å²) in [4.78, 5) is 17.0. The third kappa shape index (κ3) is 4.18. The van der Waals surface area contributed by atoms with Crippen LogP contribution < -0.4 is 4.80 Å². The van der Waals surface area contributed by atoms with Crippen LogP contribution in [0, 0.1) is 0 Å². The first kappa shape index (κ1) is 17.2. The number of benzene rings is 1. The van der Waals surface area contributed by atoms with Gasteiger partial charge in [0.05, 0.1) is 21.8 Å². The van der Waals surface area contributed by atoms with Crippen molar-refractivity contribution in [2.75, 3.05) is 13.2 Å². The Morgan fingerprint density at radius 2 is 2.23 bits per heavy atom.